The topological polar surface area (TPSA) is 61.8 Å². The van der Waals surface area contributed by atoms with E-state index in [1.807, 2.05) is 19.0 Å². The summed E-state index contributed by atoms with van der Waals surface area (Å²) in [6.07, 6.45) is 4.27. The molecule has 1 aromatic rings. The zero-order valence-electron chi connectivity index (χ0n) is 13.2. The van der Waals surface area contributed by atoms with Gasteiger partial charge in [-0.3, -0.25) is 4.99 Å². The molecule has 3 heterocycles. The first kappa shape index (κ1) is 17.7. The van der Waals surface area contributed by atoms with Crippen molar-refractivity contribution in [2.24, 2.45) is 4.99 Å². The van der Waals surface area contributed by atoms with Crippen LogP contribution in [0.25, 0.3) is 0 Å². The highest BCUT2D eigenvalue weighted by atomic mass is 127. The Morgan fingerprint density at radius 2 is 2.32 bits per heavy atom. The number of ether oxygens (including phenoxy) is 1. The fourth-order valence-corrected chi connectivity index (χ4v) is 3.68. The summed E-state index contributed by atoms with van der Waals surface area (Å²) in [4.78, 5) is 10.9. The molecule has 22 heavy (non-hydrogen) atoms. The van der Waals surface area contributed by atoms with Gasteiger partial charge in [-0.1, -0.05) is 0 Å². The predicted octanol–water partition coefficient (Wildman–Crippen LogP) is 1.81. The number of hydrogen-bond donors (Lipinski definition) is 2. The third kappa shape index (κ3) is 4.02. The molecule has 0 saturated carbocycles. The van der Waals surface area contributed by atoms with Crippen LogP contribution in [0.2, 0.25) is 0 Å². The quantitative estimate of drug-likeness (QED) is 0.428. The van der Waals surface area contributed by atoms with Crippen molar-refractivity contribution in [2.75, 3.05) is 26.0 Å². The Kier molecular flexibility index (Phi) is 6.27. The molecule has 2 aliphatic heterocycles. The summed E-state index contributed by atoms with van der Waals surface area (Å²) in [6, 6.07) is 0.391. The number of anilines is 1. The lowest BCUT2D eigenvalue weighted by molar-refractivity contribution is 0.0992. The minimum absolute atomic E-state index is 0. The monoisotopic (exact) mass is 437 g/mol. The van der Waals surface area contributed by atoms with Gasteiger partial charge in [0, 0.05) is 26.5 Å². The van der Waals surface area contributed by atoms with Gasteiger partial charge < -0.3 is 20.3 Å². The number of aromatic nitrogens is 1. The molecule has 8 heteroatoms. The number of guanidine groups is 1. The van der Waals surface area contributed by atoms with E-state index in [1.165, 1.54) is 6.42 Å². The normalized spacial score (nSPS) is 26.7. The van der Waals surface area contributed by atoms with Crippen molar-refractivity contribution in [1.29, 1.82) is 0 Å². The predicted molar refractivity (Wildman–Crippen MR) is 101 cm³/mol. The van der Waals surface area contributed by atoms with Gasteiger partial charge in [0.2, 0.25) is 0 Å². The summed E-state index contributed by atoms with van der Waals surface area (Å²) in [5.74, 6) is 0.829. The number of thiazole rings is 1. The zero-order chi connectivity index (χ0) is 14.8. The number of rotatable bonds is 4. The van der Waals surface area contributed by atoms with Crippen LogP contribution in [0, 0.1) is 0 Å². The van der Waals surface area contributed by atoms with Crippen molar-refractivity contribution in [2.45, 2.75) is 44.1 Å². The Labute approximate surface area is 152 Å². The van der Waals surface area contributed by atoms with E-state index >= 15 is 0 Å². The smallest absolute Gasteiger partial charge is 0.191 e. The second-order valence-electron chi connectivity index (χ2n) is 5.80. The van der Waals surface area contributed by atoms with E-state index in [-0.39, 0.29) is 24.0 Å². The van der Waals surface area contributed by atoms with Crippen LogP contribution >= 0.6 is 35.3 Å². The maximum absolute atomic E-state index is 5.86. The van der Waals surface area contributed by atoms with Crippen LogP contribution in [0.3, 0.4) is 0 Å². The van der Waals surface area contributed by atoms with Crippen molar-refractivity contribution in [3.8, 4) is 0 Å². The third-order valence-corrected chi connectivity index (χ3v) is 5.07. The molecule has 2 fully saturated rings. The molecule has 0 aromatic carbocycles. The van der Waals surface area contributed by atoms with E-state index < -0.39 is 0 Å². The molecule has 2 aliphatic rings. The lowest BCUT2D eigenvalue weighted by Gasteiger charge is -2.22. The molecule has 1 aromatic heterocycles. The van der Waals surface area contributed by atoms with Gasteiger partial charge in [-0.15, -0.1) is 35.3 Å². The van der Waals surface area contributed by atoms with E-state index in [4.69, 9.17) is 4.74 Å². The maximum Gasteiger partial charge on any atom is 0.191 e. The van der Waals surface area contributed by atoms with Gasteiger partial charge in [0.25, 0.3) is 0 Å². The lowest BCUT2D eigenvalue weighted by Crippen LogP contribution is -2.47. The first-order chi connectivity index (χ1) is 10.2. The molecule has 2 bridgehead atoms. The van der Waals surface area contributed by atoms with Gasteiger partial charge in [-0.05, 0) is 19.3 Å². The second-order valence-corrected chi connectivity index (χ2v) is 6.64. The zero-order valence-corrected chi connectivity index (χ0v) is 16.4. The highest BCUT2D eigenvalue weighted by molar-refractivity contribution is 14.0. The van der Waals surface area contributed by atoms with E-state index in [0.717, 1.165) is 29.6 Å². The van der Waals surface area contributed by atoms with Gasteiger partial charge >= 0.3 is 0 Å². The summed E-state index contributed by atoms with van der Waals surface area (Å²) in [6.45, 7) is 0.686. The van der Waals surface area contributed by atoms with Crippen LogP contribution in [-0.2, 0) is 11.3 Å². The van der Waals surface area contributed by atoms with Crippen LogP contribution < -0.4 is 15.5 Å². The molecule has 3 rings (SSSR count). The van der Waals surface area contributed by atoms with Crippen LogP contribution in [0.15, 0.2) is 10.4 Å². The highest BCUT2D eigenvalue weighted by Gasteiger charge is 2.41. The van der Waals surface area contributed by atoms with Gasteiger partial charge in [-0.2, -0.15) is 0 Å². The van der Waals surface area contributed by atoms with Crippen LogP contribution in [0.1, 0.15) is 25.0 Å². The van der Waals surface area contributed by atoms with Crippen molar-refractivity contribution < 1.29 is 4.74 Å². The Balaban J connectivity index is 0.00000176. The van der Waals surface area contributed by atoms with Gasteiger partial charge in [-0.25, -0.2) is 4.98 Å². The van der Waals surface area contributed by atoms with Gasteiger partial charge in [0.05, 0.1) is 30.5 Å². The minimum Gasteiger partial charge on any atom is -0.373 e. The molecule has 0 amide bonds. The van der Waals surface area contributed by atoms with Gasteiger partial charge in [0.15, 0.2) is 11.1 Å². The summed E-state index contributed by atoms with van der Waals surface area (Å²) < 4.78 is 5.86. The molecule has 3 atom stereocenters. The first-order valence-corrected chi connectivity index (χ1v) is 8.28. The average molecular weight is 437 g/mol. The van der Waals surface area contributed by atoms with Crippen molar-refractivity contribution in [1.82, 2.24) is 15.6 Å². The summed E-state index contributed by atoms with van der Waals surface area (Å²) >= 11 is 1.65. The fourth-order valence-electron chi connectivity index (χ4n) is 2.92. The molecular weight excluding hydrogens is 413 g/mol. The van der Waals surface area contributed by atoms with Crippen molar-refractivity contribution in [3.05, 3.63) is 11.1 Å². The van der Waals surface area contributed by atoms with Crippen LogP contribution in [-0.4, -0.2) is 50.3 Å². The van der Waals surface area contributed by atoms with E-state index in [0.29, 0.717) is 24.8 Å². The standard InChI is InChI=1S/C14H23N5OS.HI/c1-15-13(18-11-6-10-4-5-12(11)20-10)16-7-9-8-21-14(17-9)19(2)3;/h8,10-12H,4-7H2,1-3H3,(H2,15,16,18);1H. The number of nitrogens with one attached hydrogen (secondary N) is 2. The number of aliphatic imine (C=N–C) groups is 1. The Bertz CT molecular complexity index is 521. The molecule has 3 unspecified atom stereocenters. The van der Waals surface area contributed by atoms with E-state index in [2.05, 4.69) is 26.0 Å². The van der Waals surface area contributed by atoms with Crippen LogP contribution in [0.5, 0.6) is 0 Å². The first-order valence-electron chi connectivity index (χ1n) is 7.40. The number of nitrogens with zero attached hydrogens (tertiary/aromatic N) is 3. The minimum atomic E-state index is 0. The summed E-state index contributed by atoms with van der Waals surface area (Å²) in [7, 11) is 5.81. The Hall–Kier alpha value is -0.610. The average Bonchev–Trinajstić information content (AvgIpc) is 3.18. The van der Waals surface area contributed by atoms with Crippen molar-refractivity contribution in [3.63, 3.8) is 0 Å². The SMILES string of the molecule is CN=C(NCc1csc(N(C)C)n1)NC1CC2CCC1O2.I. The number of hydrogen-bond acceptors (Lipinski definition) is 5. The molecule has 0 spiro atoms. The molecule has 2 N–H and O–H groups in total. The van der Waals surface area contributed by atoms with Crippen molar-refractivity contribution >= 4 is 46.4 Å². The Morgan fingerprint density at radius 3 is 2.86 bits per heavy atom. The van der Waals surface area contributed by atoms with E-state index in [1.54, 1.807) is 18.4 Å². The molecule has 6 nitrogen and oxygen atoms in total. The maximum atomic E-state index is 5.86. The summed E-state index contributed by atoms with van der Waals surface area (Å²) in [5.41, 5.74) is 1.04. The Morgan fingerprint density at radius 1 is 1.50 bits per heavy atom. The lowest BCUT2D eigenvalue weighted by atomic mass is 9.96. The molecule has 124 valence electrons. The molecule has 0 aliphatic carbocycles. The third-order valence-electron chi connectivity index (χ3n) is 4.01. The molecular formula is C14H24IN5OS. The second kappa shape index (κ2) is 7.78. The van der Waals surface area contributed by atoms with Gasteiger partial charge in [0.1, 0.15) is 0 Å². The molecule has 2 saturated heterocycles. The van der Waals surface area contributed by atoms with Crippen LogP contribution in [0.4, 0.5) is 5.13 Å². The van der Waals surface area contributed by atoms with E-state index in [9.17, 15) is 0 Å². The summed E-state index contributed by atoms with van der Waals surface area (Å²) in [5, 5.41) is 9.91. The largest absolute Gasteiger partial charge is 0.373 e. The number of halogens is 1. The molecule has 0 radical (unpaired) electrons. The number of fused-ring (bicyclic) bond motifs is 2. The fraction of sp³-hybridized carbons (Fsp3) is 0.714. The highest BCUT2D eigenvalue weighted by Crippen LogP contribution is 2.34.